The van der Waals surface area contributed by atoms with Crippen molar-refractivity contribution >= 4 is 17.6 Å². The number of carboxylic acids is 1. The van der Waals surface area contributed by atoms with Gasteiger partial charge >= 0.3 is 5.97 Å². The Hall–Kier alpha value is -2.69. The summed E-state index contributed by atoms with van der Waals surface area (Å²) in [5, 5.41) is 9.41. The van der Waals surface area contributed by atoms with E-state index in [4.69, 9.17) is 0 Å². The van der Waals surface area contributed by atoms with Gasteiger partial charge in [-0.15, -0.1) is 0 Å². The van der Waals surface area contributed by atoms with Gasteiger partial charge in [0.15, 0.2) is 0 Å². The Labute approximate surface area is 138 Å². The second-order valence-electron chi connectivity index (χ2n) is 6.99. The molecule has 0 radical (unpaired) electrons. The van der Waals surface area contributed by atoms with Crippen molar-refractivity contribution in [2.24, 2.45) is 0 Å². The normalized spacial score (nSPS) is 20.4. The van der Waals surface area contributed by atoms with Crippen molar-refractivity contribution in [1.82, 2.24) is 0 Å². The minimum atomic E-state index is -1.15. The fraction of sp³-hybridized carbons (Fsp3) is 0.263. The van der Waals surface area contributed by atoms with Gasteiger partial charge in [0, 0.05) is 0 Å². The summed E-state index contributed by atoms with van der Waals surface area (Å²) in [5.74, 6) is -2.04. The zero-order chi connectivity index (χ0) is 17.2. The lowest BCUT2D eigenvalue weighted by Crippen LogP contribution is -2.39. The average Bonchev–Trinajstić information content (AvgIpc) is 2.80. The van der Waals surface area contributed by atoms with Crippen LogP contribution in [0.4, 0.5) is 10.1 Å². The molecule has 4 nitrogen and oxygen atoms in total. The summed E-state index contributed by atoms with van der Waals surface area (Å²) < 4.78 is 14.6. The summed E-state index contributed by atoms with van der Waals surface area (Å²) in [7, 11) is 0. The number of carbonyl (C=O) groups excluding carboxylic acids is 1. The molecule has 2 aliphatic heterocycles. The number of benzene rings is 2. The minimum Gasteiger partial charge on any atom is -0.478 e. The summed E-state index contributed by atoms with van der Waals surface area (Å²) in [6, 6.07) is 9.31. The van der Waals surface area contributed by atoms with E-state index in [0.717, 1.165) is 5.56 Å². The zero-order valence-corrected chi connectivity index (χ0v) is 13.3. The Morgan fingerprint density at radius 2 is 1.96 bits per heavy atom. The van der Waals surface area contributed by atoms with Crippen molar-refractivity contribution in [2.45, 2.75) is 31.7 Å². The first kappa shape index (κ1) is 14.9. The van der Waals surface area contributed by atoms with E-state index < -0.39 is 17.7 Å². The summed E-state index contributed by atoms with van der Waals surface area (Å²) >= 11 is 0. The van der Waals surface area contributed by atoms with Gasteiger partial charge in [-0.1, -0.05) is 38.1 Å². The van der Waals surface area contributed by atoms with E-state index in [0.29, 0.717) is 12.0 Å². The van der Waals surface area contributed by atoms with Crippen LogP contribution >= 0.6 is 0 Å². The first-order valence-corrected chi connectivity index (χ1v) is 7.81. The second-order valence-corrected chi connectivity index (χ2v) is 6.99. The van der Waals surface area contributed by atoms with Gasteiger partial charge < -0.3 is 5.11 Å². The SMILES string of the molecule is CC1(C)CC2c3cccc(C(=O)O)c3C(=O)N2c2c(F)cccc21. The average molecular weight is 325 g/mol. The van der Waals surface area contributed by atoms with Crippen LogP contribution in [0.5, 0.6) is 0 Å². The molecule has 5 heteroatoms. The molecule has 1 unspecified atom stereocenters. The molecule has 0 aromatic heterocycles. The largest absolute Gasteiger partial charge is 0.478 e. The molecule has 2 aromatic carbocycles. The van der Waals surface area contributed by atoms with E-state index in [1.165, 1.54) is 17.0 Å². The quantitative estimate of drug-likeness (QED) is 0.865. The second kappa shape index (κ2) is 4.66. The number of anilines is 1. The zero-order valence-electron chi connectivity index (χ0n) is 13.3. The molecule has 2 heterocycles. The Morgan fingerprint density at radius 1 is 1.25 bits per heavy atom. The lowest BCUT2D eigenvalue weighted by atomic mass is 9.74. The summed E-state index contributed by atoms with van der Waals surface area (Å²) in [4.78, 5) is 25.9. The van der Waals surface area contributed by atoms with Crippen LogP contribution in [0.2, 0.25) is 0 Å². The number of halogens is 1. The maximum Gasteiger partial charge on any atom is 0.336 e. The Balaban J connectivity index is 2.01. The first-order valence-electron chi connectivity index (χ1n) is 7.81. The molecule has 1 atom stereocenters. The topological polar surface area (TPSA) is 57.6 Å². The molecular formula is C19H16FNO3. The predicted octanol–water partition coefficient (Wildman–Crippen LogP) is 3.91. The molecule has 0 aliphatic carbocycles. The lowest BCUT2D eigenvalue weighted by Gasteiger charge is -2.41. The molecule has 24 heavy (non-hydrogen) atoms. The molecule has 2 aromatic rings. The molecule has 0 spiro atoms. The number of para-hydroxylation sites is 1. The van der Waals surface area contributed by atoms with Crippen molar-refractivity contribution in [1.29, 1.82) is 0 Å². The summed E-state index contributed by atoms with van der Waals surface area (Å²) in [6.45, 7) is 4.04. The summed E-state index contributed by atoms with van der Waals surface area (Å²) in [5.41, 5.74) is 1.55. The Kier molecular flexibility index (Phi) is 2.89. The van der Waals surface area contributed by atoms with Crippen LogP contribution < -0.4 is 4.90 Å². The van der Waals surface area contributed by atoms with Crippen LogP contribution in [0.15, 0.2) is 36.4 Å². The van der Waals surface area contributed by atoms with Crippen LogP contribution in [0.3, 0.4) is 0 Å². The molecule has 1 amide bonds. The van der Waals surface area contributed by atoms with Gasteiger partial charge in [0.05, 0.1) is 22.9 Å². The third kappa shape index (κ3) is 1.78. The molecule has 0 fully saturated rings. The van der Waals surface area contributed by atoms with Gasteiger partial charge in [0.25, 0.3) is 5.91 Å². The lowest BCUT2D eigenvalue weighted by molar-refractivity contribution is 0.0692. The number of hydrogen-bond acceptors (Lipinski definition) is 2. The fourth-order valence-electron chi connectivity index (χ4n) is 4.02. The third-order valence-corrected chi connectivity index (χ3v) is 5.09. The van der Waals surface area contributed by atoms with Crippen LogP contribution in [0.1, 0.15) is 58.2 Å². The van der Waals surface area contributed by atoms with E-state index in [1.54, 1.807) is 18.2 Å². The monoisotopic (exact) mass is 325 g/mol. The number of carbonyl (C=O) groups is 2. The number of amides is 1. The molecule has 122 valence electrons. The van der Waals surface area contributed by atoms with Gasteiger partial charge in [0.1, 0.15) is 5.82 Å². The standard InChI is InChI=1S/C19H16FNO3/c1-19(2)9-14-10-5-3-6-11(18(23)24)15(10)17(22)21(14)16-12(19)7-4-8-13(16)20/h3-8,14H,9H2,1-2H3,(H,23,24). The molecule has 4 rings (SSSR count). The highest BCUT2D eigenvalue weighted by atomic mass is 19.1. The minimum absolute atomic E-state index is 0.0254. The number of fused-ring (bicyclic) bond motifs is 5. The molecule has 0 bridgehead atoms. The van der Waals surface area contributed by atoms with Crippen molar-refractivity contribution in [3.63, 3.8) is 0 Å². The van der Waals surface area contributed by atoms with Gasteiger partial charge in [-0.05, 0) is 35.1 Å². The van der Waals surface area contributed by atoms with E-state index in [2.05, 4.69) is 0 Å². The number of aromatic carboxylic acids is 1. The van der Waals surface area contributed by atoms with Gasteiger partial charge in [0.2, 0.25) is 0 Å². The maximum atomic E-state index is 14.6. The molecule has 0 saturated heterocycles. The molecule has 1 N–H and O–H groups in total. The third-order valence-electron chi connectivity index (χ3n) is 5.09. The van der Waals surface area contributed by atoms with Gasteiger partial charge in [-0.3, -0.25) is 9.69 Å². The van der Waals surface area contributed by atoms with E-state index in [1.807, 2.05) is 19.9 Å². The first-order chi connectivity index (χ1) is 11.3. The highest BCUT2D eigenvalue weighted by molar-refractivity contribution is 6.16. The number of hydrogen-bond donors (Lipinski definition) is 1. The molecule has 2 aliphatic rings. The van der Waals surface area contributed by atoms with Crippen LogP contribution in [0, 0.1) is 5.82 Å². The van der Waals surface area contributed by atoms with Crippen molar-refractivity contribution in [2.75, 3.05) is 4.90 Å². The van der Waals surface area contributed by atoms with Crippen LogP contribution in [-0.4, -0.2) is 17.0 Å². The van der Waals surface area contributed by atoms with Crippen molar-refractivity contribution in [3.05, 3.63) is 64.5 Å². The number of carboxylic acid groups (broad SMARTS) is 1. The number of rotatable bonds is 1. The highest BCUT2D eigenvalue weighted by Gasteiger charge is 2.48. The fourth-order valence-corrected chi connectivity index (χ4v) is 4.02. The Bertz CT molecular complexity index is 903. The Morgan fingerprint density at radius 3 is 2.67 bits per heavy atom. The summed E-state index contributed by atoms with van der Waals surface area (Å²) in [6.07, 6.45) is 0.616. The van der Waals surface area contributed by atoms with Gasteiger partial charge in [-0.2, -0.15) is 0 Å². The van der Waals surface area contributed by atoms with Crippen LogP contribution in [0.25, 0.3) is 0 Å². The smallest absolute Gasteiger partial charge is 0.336 e. The van der Waals surface area contributed by atoms with Crippen molar-refractivity contribution < 1.29 is 19.1 Å². The predicted molar refractivity (Wildman–Crippen MR) is 87.0 cm³/mol. The van der Waals surface area contributed by atoms with E-state index in [9.17, 15) is 19.1 Å². The maximum absolute atomic E-state index is 14.6. The van der Waals surface area contributed by atoms with Crippen molar-refractivity contribution in [3.8, 4) is 0 Å². The van der Waals surface area contributed by atoms with Crippen LogP contribution in [-0.2, 0) is 5.41 Å². The number of nitrogens with zero attached hydrogens (tertiary/aromatic N) is 1. The molecule has 0 saturated carbocycles. The van der Waals surface area contributed by atoms with Gasteiger partial charge in [-0.25, -0.2) is 9.18 Å². The van der Waals surface area contributed by atoms with E-state index in [-0.39, 0.29) is 28.3 Å². The highest BCUT2D eigenvalue weighted by Crippen LogP contribution is 2.53. The molecular weight excluding hydrogens is 309 g/mol. The van der Waals surface area contributed by atoms with E-state index >= 15 is 0 Å².